The lowest BCUT2D eigenvalue weighted by atomic mass is 9.87. The lowest BCUT2D eigenvalue weighted by Crippen LogP contribution is -2.41. The number of amides is 1. The largest absolute Gasteiger partial charge is 0.492 e. The Labute approximate surface area is 153 Å². The Morgan fingerprint density at radius 2 is 1.88 bits per heavy atom. The number of benzene rings is 2. The van der Waals surface area contributed by atoms with Crippen LogP contribution in [0.2, 0.25) is 0 Å². The second-order valence-corrected chi connectivity index (χ2v) is 7.30. The zero-order valence-electron chi connectivity index (χ0n) is 15.3. The van der Waals surface area contributed by atoms with Crippen molar-refractivity contribution in [1.29, 1.82) is 0 Å². The molecular weight excluding hydrogens is 330 g/mol. The fraction of sp³-hybridized carbons (Fsp3) is 0.333. The maximum Gasteiger partial charge on any atom is 0.265 e. The summed E-state index contributed by atoms with van der Waals surface area (Å²) in [5.41, 5.74) is 2.45. The molecule has 26 heavy (non-hydrogen) atoms. The molecule has 1 aliphatic rings. The van der Waals surface area contributed by atoms with Crippen LogP contribution in [0.3, 0.4) is 0 Å². The Morgan fingerprint density at radius 1 is 1.15 bits per heavy atom. The average Bonchev–Trinajstić information content (AvgIpc) is 2.62. The van der Waals surface area contributed by atoms with Gasteiger partial charge in [-0.05, 0) is 41.3 Å². The molecule has 0 bridgehead atoms. The van der Waals surface area contributed by atoms with Gasteiger partial charge in [-0.1, -0.05) is 32.9 Å². The first-order valence-electron chi connectivity index (χ1n) is 8.64. The van der Waals surface area contributed by atoms with Crippen molar-refractivity contribution < 1.29 is 19.1 Å². The highest BCUT2D eigenvalue weighted by Gasteiger charge is 2.25. The maximum atomic E-state index is 12.2. The summed E-state index contributed by atoms with van der Waals surface area (Å²) >= 11 is 0. The molecule has 1 amide bonds. The molecule has 0 radical (unpaired) electrons. The molecule has 0 unspecified atom stereocenters. The van der Waals surface area contributed by atoms with Crippen LogP contribution in [0.4, 0.5) is 5.69 Å². The van der Waals surface area contributed by atoms with Crippen LogP contribution in [0.15, 0.2) is 42.5 Å². The molecule has 3 rings (SSSR count). The number of fused-ring (bicyclic) bond motifs is 1. The number of aldehydes is 1. The second-order valence-electron chi connectivity index (χ2n) is 7.30. The van der Waals surface area contributed by atoms with E-state index >= 15 is 0 Å². The molecule has 0 aliphatic carbocycles. The predicted octanol–water partition coefficient (Wildman–Crippen LogP) is 3.60. The maximum absolute atomic E-state index is 12.2. The Hall–Kier alpha value is -2.82. The number of carbonyl (C=O) groups is 2. The first-order chi connectivity index (χ1) is 12.4. The van der Waals surface area contributed by atoms with E-state index in [9.17, 15) is 9.59 Å². The summed E-state index contributed by atoms with van der Waals surface area (Å²) in [7, 11) is 0. The molecule has 0 saturated heterocycles. The zero-order chi connectivity index (χ0) is 18.7. The predicted molar refractivity (Wildman–Crippen MR) is 100 cm³/mol. The zero-order valence-corrected chi connectivity index (χ0v) is 15.3. The SMILES string of the molecule is CC(C)(C)c1ccc(OCCN2C(=O)COc3ccc(C=O)cc32)cc1. The van der Waals surface area contributed by atoms with Crippen LogP contribution in [-0.2, 0) is 10.2 Å². The fourth-order valence-corrected chi connectivity index (χ4v) is 2.84. The van der Waals surface area contributed by atoms with Gasteiger partial charge in [0.1, 0.15) is 24.4 Å². The standard InChI is InChI=1S/C21H23NO4/c1-21(2,3)16-5-7-17(8-6-16)25-11-10-22-18-12-15(13-23)4-9-19(18)26-14-20(22)24/h4-9,12-13H,10-11,14H2,1-3H3. The van der Waals surface area contributed by atoms with Gasteiger partial charge >= 0.3 is 0 Å². The molecule has 136 valence electrons. The van der Waals surface area contributed by atoms with Crippen molar-refractivity contribution in [3.63, 3.8) is 0 Å². The third-order valence-electron chi connectivity index (χ3n) is 4.37. The number of anilines is 1. The summed E-state index contributed by atoms with van der Waals surface area (Å²) in [5, 5.41) is 0. The van der Waals surface area contributed by atoms with E-state index in [-0.39, 0.29) is 17.9 Å². The van der Waals surface area contributed by atoms with Gasteiger partial charge in [-0.25, -0.2) is 0 Å². The summed E-state index contributed by atoms with van der Waals surface area (Å²) < 4.78 is 11.2. The first kappa shape index (κ1) is 18.0. The Morgan fingerprint density at radius 3 is 2.54 bits per heavy atom. The van der Waals surface area contributed by atoms with Gasteiger partial charge in [0.15, 0.2) is 6.61 Å². The lowest BCUT2D eigenvalue weighted by Gasteiger charge is -2.29. The molecule has 0 N–H and O–H groups in total. The molecule has 5 nitrogen and oxygen atoms in total. The van der Waals surface area contributed by atoms with Gasteiger partial charge in [0.2, 0.25) is 0 Å². The van der Waals surface area contributed by atoms with Gasteiger partial charge < -0.3 is 14.4 Å². The van der Waals surface area contributed by atoms with E-state index in [2.05, 4.69) is 32.9 Å². The van der Waals surface area contributed by atoms with Gasteiger partial charge in [-0.15, -0.1) is 0 Å². The molecule has 0 saturated carbocycles. The topological polar surface area (TPSA) is 55.8 Å². The molecule has 1 heterocycles. The lowest BCUT2D eigenvalue weighted by molar-refractivity contribution is -0.121. The van der Waals surface area contributed by atoms with Crippen LogP contribution < -0.4 is 14.4 Å². The molecule has 0 spiro atoms. The van der Waals surface area contributed by atoms with Gasteiger partial charge in [0, 0.05) is 5.56 Å². The summed E-state index contributed by atoms with van der Waals surface area (Å²) in [6.45, 7) is 7.23. The molecule has 1 aliphatic heterocycles. The molecule has 0 atom stereocenters. The van der Waals surface area contributed by atoms with Crippen LogP contribution >= 0.6 is 0 Å². The van der Waals surface area contributed by atoms with Crippen molar-refractivity contribution in [2.45, 2.75) is 26.2 Å². The molecule has 2 aromatic carbocycles. The normalized spacial score (nSPS) is 13.8. The van der Waals surface area contributed by atoms with E-state index in [0.29, 0.717) is 30.2 Å². The number of rotatable bonds is 5. The van der Waals surface area contributed by atoms with Gasteiger partial charge in [-0.2, -0.15) is 0 Å². The highest BCUT2D eigenvalue weighted by Crippen LogP contribution is 2.32. The smallest absolute Gasteiger partial charge is 0.265 e. The molecule has 5 heteroatoms. The van der Waals surface area contributed by atoms with E-state index in [0.717, 1.165) is 12.0 Å². The molecular formula is C21H23NO4. The van der Waals surface area contributed by atoms with E-state index < -0.39 is 0 Å². The van der Waals surface area contributed by atoms with Crippen molar-refractivity contribution in [2.24, 2.45) is 0 Å². The quantitative estimate of drug-likeness (QED) is 0.771. The van der Waals surface area contributed by atoms with Gasteiger partial charge in [-0.3, -0.25) is 9.59 Å². The van der Waals surface area contributed by atoms with Crippen molar-refractivity contribution in [1.82, 2.24) is 0 Å². The first-order valence-corrected chi connectivity index (χ1v) is 8.64. The van der Waals surface area contributed by atoms with Gasteiger partial charge in [0.25, 0.3) is 5.91 Å². The van der Waals surface area contributed by atoms with E-state index in [4.69, 9.17) is 9.47 Å². The average molecular weight is 353 g/mol. The van der Waals surface area contributed by atoms with Crippen molar-refractivity contribution >= 4 is 17.9 Å². The van der Waals surface area contributed by atoms with Crippen molar-refractivity contribution in [2.75, 3.05) is 24.7 Å². The van der Waals surface area contributed by atoms with Crippen LogP contribution in [0.25, 0.3) is 0 Å². The Kier molecular flexibility index (Phi) is 4.98. The minimum Gasteiger partial charge on any atom is -0.492 e. The van der Waals surface area contributed by atoms with Crippen LogP contribution in [0.5, 0.6) is 11.5 Å². The minimum absolute atomic E-state index is 0.00623. The van der Waals surface area contributed by atoms with Crippen LogP contribution in [0, 0.1) is 0 Å². The fourth-order valence-electron chi connectivity index (χ4n) is 2.84. The third kappa shape index (κ3) is 3.87. The van der Waals surface area contributed by atoms with Crippen molar-refractivity contribution in [3.8, 4) is 11.5 Å². The second kappa shape index (κ2) is 7.20. The summed E-state index contributed by atoms with van der Waals surface area (Å²) in [6, 6.07) is 13.1. The molecule has 2 aromatic rings. The number of ether oxygens (including phenoxy) is 2. The summed E-state index contributed by atoms with van der Waals surface area (Å²) in [5.74, 6) is 1.22. The number of nitrogens with zero attached hydrogens (tertiary/aromatic N) is 1. The van der Waals surface area contributed by atoms with Crippen LogP contribution in [-0.4, -0.2) is 32.0 Å². The Bertz CT molecular complexity index is 806. The number of carbonyl (C=O) groups excluding carboxylic acids is 2. The minimum atomic E-state index is -0.146. The Balaban J connectivity index is 1.66. The molecule has 0 aromatic heterocycles. The van der Waals surface area contributed by atoms with E-state index in [1.165, 1.54) is 5.56 Å². The number of hydrogen-bond donors (Lipinski definition) is 0. The molecule has 0 fully saturated rings. The summed E-state index contributed by atoms with van der Waals surface area (Å²) in [4.78, 5) is 24.8. The number of hydrogen-bond acceptors (Lipinski definition) is 4. The third-order valence-corrected chi connectivity index (χ3v) is 4.37. The highest BCUT2D eigenvalue weighted by molar-refractivity contribution is 5.98. The van der Waals surface area contributed by atoms with Crippen LogP contribution in [0.1, 0.15) is 36.7 Å². The van der Waals surface area contributed by atoms with Gasteiger partial charge in [0.05, 0.1) is 12.2 Å². The highest BCUT2D eigenvalue weighted by atomic mass is 16.5. The monoisotopic (exact) mass is 353 g/mol. The van der Waals surface area contributed by atoms with E-state index in [1.54, 1.807) is 23.1 Å². The van der Waals surface area contributed by atoms with E-state index in [1.807, 2.05) is 12.1 Å². The summed E-state index contributed by atoms with van der Waals surface area (Å²) in [6.07, 6.45) is 0.755. The van der Waals surface area contributed by atoms with Crippen molar-refractivity contribution in [3.05, 3.63) is 53.6 Å².